The number of nitrogens with zero attached hydrogens (tertiary/aromatic N) is 3. The van der Waals surface area contributed by atoms with Crippen LogP contribution in [-0.4, -0.2) is 17.0 Å². The van der Waals surface area contributed by atoms with Crippen molar-refractivity contribution in [1.29, 1.82) is 0 Å². The fraction of sp³-hybridized carbons (Fsp3) is 0.0909. The van der Waals surface area contributed by atoms with Crippen LogP contribution in [0.3, 0.4) is 0 Å². The summed E-state index contributed by atoms with van der Waals surface area (Å²) in [6.07, 6.45) is 5.84. The molecule has 4 aromatic carbocycles. The minimum atomic E-state index is 0.194. The topological polar surface area (TPSA) is 29.6 Å². The first kappa shape index (κ1) is 25.9. The van der Waals surface area contributed by atoms with E-state index in [-0.39, 0.29) is 13.1 Å². The molecule has 0 amide bonds. The number of hydrogen-bond donors (Lipinski definition) is 0. The van der Waals surface area contributed by atoms with Gasteiger partial charge in [-0.2, -0.15) is 0 Å². The summed E-state index contributed by atoms with van der Waals surface area (Å²) in [6.45, 7) is 0. The fourth-order valence-corrected chi connectivity index (χ4v) is 5.51. The quantitative estimate of drug-likeness (QED) is 0.145. The van der Waals surface area contributed by atoms with Gasteiger partial charge in [0.15, 0.2) is 0 Å². The molecule has 6 heteroatoms. The Morgan fingerprint density at radius 3 is 1.46 bits per heavy atom. The van der Waals surface area contributed by atoms with Gasteiger partial charge in [-0.05, 0) is 93.7 Å². The van der Waals surface area contributed by atoms with Crippen LogP contribution in [-0.2, 0) is 33.0 Å². The molecule has 5 aromatic rings. The van der Waals surface area contributed by atoms with E-state index in [9.17, 15) is 0 Å². The van der Waals surface area contributed by atoms with Gasteiger partial charge in [0.2, 0.25) is 0 Å². The van der Waals surface area contributed by atoms with Crippen molar-refractivity contribution >= 4 is 44.0 Å². The Bertz CT molecular complexity index is 1610. The molecule has 194 valence electrons. The number of fused-ring (bicyclic) bond motifs is 6. The van der Waals surface area contributed by atoms with Gasteiger partial charge < -0.3 is 4.57 Å². The number of benzene rings is 4. The van der Waals surface area contributed by atoms with Crippen LogP contribution < -0.4 is 0 Å². The van der Waals surface area contributed by atoms with Crippen molar-refractivity contribution in [3.8, 4) is 22.3 Å². The Morgan fingerprint density at radius 1 is 0.590 bits per heavy atom. The van der Waals surface area contributed by atoms with E-state index in [1.807, 2.05) is 12.4 Å². The van der Waals surface area contributed by atoms with Crippen molar-refractivity contribution in [2.45, 2.75) is 12.8 Å². The van der Waals surface area contributed by atoms with Crippen LogP contribution in [0.15, 0.2) is 107 Å². The zero-order valence-electron chi connectivity index (χ0n) is 21.3. The molecule has 0 saturated heterocycles. The molecular weight excluding hydrogens is 565 g/mol. The third-order valence-corrected chi connectivity index (χ3v) is 7.45. The summed E-state index contributed by atoms with van der Waals surface area (Å²) in [5.74, 6) is 0. The molecule has 3 nitrogen and oxygen atoms in total. The maximum atomic E-state index is 4.78. The second-order valence-electron chi connectivity index (χ2n) is 9.66. The van der Waals surface area contributed by atoms with Gasteiger partial charge in [-0.15, -0.1) is 0 Å². The van der Waals surface area contributed by atoms with E-state index in [2.05, 4.69) is 109 Å². The molecule has 0 radical (unpaired) electrons. The number of aliphatic imine (C=N–C) groups is 2. The van der Waals surface area contributed by atoms with Crippen LogP contribution in [0.5, 0.6) is 0 Å². The van der Waals surface area contributed by atoms with Crippen molar-refractivity contribution < 1.29 is 13.1 Å². The molecule has 2 aliphatic carbocycles. The van der Waals surface area contributed by atoms with E-state index in [1.165, 1.54) is 44.5 Å². The molecule has 0 N–H and O–H groups in total. The second-order valence-corrected chi connectivity index (χ2v) is 11.5. The van der Waals surface area contributed by atoms with Gasteiger partial charge in [-0.25, -0.2) is 0 Å². The van der Waals surface area contributed by atoms with Gasteiger partial charge >= 0.3 is 33.3 Å². The van der Waals surface area contributed by atoms with E-state index in [0.29, 0.717) is 0 Å². The molecule has 0 aliphatic heterocycles. The number of halogens is 2. The van der Waals surface area contributed by atoms with Gasteiger partial charge in [0.25, 0.3) is 0 Å². The van der Waals surface area contributed by atoms with Gasteiger partial charge in [-0.1, -0.05) is 60.7 Å². The molecule has 1 aromatic heterocycles. The summed E-state index contributed by atoms with van der Waals surface area (Å²) in [5.41, 5.74) is 14.9. The first-order chi connectivity index (χ1) is 19.1. The van der Waals surface area contributed by atoms with Crippen molar-refractivity contribution in [3.63, 3.8) is 0 Å². The molecular formula is C33H25Cl2FeN3. The first-order valence-corrected chi connectivity index (χ1v) is 15.7. The molecule has 0 saturated carbocycles. The van der Waals surface area contributed by atoms with Gasteiger partial charge in [-0.3, -0.25) is 9.98 Å². The third kappa shape index (κ3) is 5.26. The molecule has 7 rings (SSSR count). The molecule has 0 atom stereocenters. The predicted molar refractivity (Wildman–Crippen MR) is 161 cm³/mol. The fourth-order valence-electron chi connectivity index (χ4n) is 5.51. The number of aromatic nitrogens is 1. The van der Waals surface area contributed by atoms with Crippen molar-refractivity contribution in [2.24, 2.45) is 17.0 Å². The van der Waals surface area contributed by atoms with Crippen molar-refractivity contribution in [3.05, 3.63) is 131 Å². The SMILES string of the molecule is Cn1c(C=Nc2ccc3c(c2)Cc2ccccc2-3)ccc1C=Nc1ccc2c(c1)Cc1ccccc1-2.[Cl][Fe][Cl]. The summed E-state index contributed by atoms with van der Waals surface area (Å²) in [6, 6.07) is 34.5. The molecule has 0 spiro atoms. The Kier molecular flexibility index (Phi) is 7.54. The first-order valence-electron chi connectivity index (χ1n) is 12.7. The summed E-state index contributed by atoms with van der Waals surface area (Å²) >= 11 is 0.194. The van der Waals surface area contributed by atoms with Crippen LogP contribution >= 0.6 is 20.2 Å². The van der Waals surface area contributed by atoms with Crippen molar-refractivity contribution in [1.82, 2.24) is 4.57 Å². The predicted octanol–water partition coefficient (Wildman–Crippen LogP) is 9.05. The van der Waals surface area contributed by atoms with Crippen molar-refractivity contribution in [2.75, 3.05) is 0 Å². The third-order valence-electron chi connectivity index (χ3n) is 7.45. The van der Waals surface area contributed by atoms with E-state index < -0.39 is 0 Å². The van der Waals surface area contributed by atoms with Crippen LogP contribution in [0.2, 0.25) is 0 Å². The van der Waals surface area contributed by atoms with E-state index in [0.717, 1.165) is 35.6 Å². The summed E-state index contributed by atoms with van der Waals surface area (Å²) < 4.78 is 2.12. The van der Waals surface area contributed by atoms with Gasteiger partial charge in [0.1, 0.15) is 0 Å². The van der Waals surface area contributed by atoms with Crippen LogP contribution in [0.1, 0.15) is 33.6 Å². The maximum absolute atomic E-state index is 4.78. The molecule has 2 aliphatic rings. The summed E-state index contributed by atoms with van der Waals surface area (Å²) in [4.78, 5) is 9.56. The molecule has 1 heterocycles. The summed E-state index contributed by atoms with van der Waals surface area (Å²) in [5, 5.41) is 0. The van der Waals surface area contributed by atoms with Gasteiger partial charge in [0, 0.05) is 7.05 Å². The Morgan fingerprint density at radius 2 is 1.00 bits per heavy atom. The average Bonchev–Trinajstić information content (AvgIpc) is 3.63. The Hall–Kier alpha value is -3.40. The van der Waals surface area contributed by atoms with Gasteiger partial charge in [0.05, 0.1) is 35.2 Å². The molecule has 0 bridgehead atoms. The summed E-state index contributed by atoms with van der Waals surface area (Å²) in [7, 11) is 11.6. The standard InChI is InChI=1S/C33H25N3.2ClH.Fe/c1-36-28(20-34-26-10-14-32-24(18-26)16-22-6-2-4-8-30(22)32)12-13-29(36)21-35-27-11-15-33-25(19-27)17-23-7-3-5-9-31(23)33;;;/h2-15,18-21H,16-17H2,1H3;2*1H;/q;;;+2/p-2. The van der Waals surface area contributed by atoms with E-state index in [1.54, 1.807) is 0 Å². The normalized spacial score (nSPS) is 12.8. The van der Waals surface area contributed by atoms with Crippen LogP contribution in [0.25, 0.3) is 22.3 Å². The van der Waals surface area contributed by atoms with Crippen LogP contribution in [0, 0.1) is 0 Å². The monoisotopic (exact) mass is 589 g/mol. The second kappa shape index (κ2) is 11.4. The minimum absolute atomic E-state index is 0.194. The Balaban J connectivity index is 0.000000883. The number of rotatable bonds is 4. The molecule has 0 fully saturated rings. The van der Waals surface area contributed by atoms with E-state index in [4.69, 9.17) is 30.2 Å². The Labute approximate surface area is 243 Å². The zero-order valence-corrected chi connectivity index (χ0v) is 23.9. The van der Waals surface area contributed by atoms with E-state index >= 15 is 0 Å². The zero-order chi connectivity index (χ0) is 26.8. The number of hydrogen-bond acceptors (Lipinski definition) is 2. The average molecular weight is 590 g/mol. The molecule has 39 heavy (non-hydrogen) atoms. The molecule has 0 unspecified atom stereocenters. The van der Waals surface area contributed by atoms with Crippen LogP contribution in [0.4, 0.5) is 11.4 Å².